The van der Waals surface area contributed by atoms with Crippen LogP contribution in [0, 0.1) is 0 Å². The van der Waals surface area contributed by atoms with E-state index in [1.165, 1.54) is 12.1 Å². The number of aromatic amines is 1. The first kappa shape index (κ1) is 18.7. The van der Waals surface area contributed by atoms with Crippen molar-refractivity contribution in [1.29, 1.82) is 0 Å². The first-order valence-electron chi connectivity index (χ1n) is 9.05. The maximum atomic E-state index is 12.9. The van der Waals surface area contributed by atoms with Gasteiger partial charge in [0.1, 0.15) is 5.82 Å². The zero-order valence-corrected chi connectivity index (χ0v) is 15.3. The fraction of sp³-hybridized carbons (Fsp3) is 0.0417. The third kappa shape index (κ3) is 4.46. The first-order chi connectivity index (χ1) is 14.0. The maximum absolute atomic E-state index is 12.9. The van der Waals surface area contributed by atoms with Gasteiger partial charge in [0, 0.05) is 0 Å². The van der Waals surface area contributed by atoms with E-state index in [4.69, 9.17) is 0 Å². The van der Waals surface area contributed by atoms with Crippen LogP contribution in [0.25, 0.3) is 34.5 Å². The van der Waals surface area contributed by atoms with E-state index in [1.807, 2.05) is 66.7 Å². The Bertz CT molecular complexity index is 1120. The minimum atomic E-state index is -4.35. The highest BCUT2D eigenvalue weighted by Crippen LogP contribution is 2.32. The lowest BCUT2D eigenvalue weighted by Gasteiger charge is -2.09. The van der Waals surface area contributed by atoms with Crippen molar-refractivity contribution in [1.82, 2.24) is 9.97 Å². The molecule has 29 heavy (non-hydrogen) atoms. The lowest BCUT2D eigenvalue weighted by atomic mass is 10.0. The molecule has 1 aromatic heterocycles. The van der Waals surface area contributed by atoms with Crippen LogP contribution in [-0.4, -0.2) is 9.97 Å². The second-order valence-corrected chi connectivity index (χ2v) is 6.58. The predicted octanol–water partition coefficient (Wildman–Crippen LogP) is 6.93. The largest absolute Gasteiger partial charge is 0.416 e. The molecule has 0 fully saturated rings. The van der Waals surface area contributed by atoms with Gasteiger partial charge in [-0.15, -0.1) is 0 Å². The van der Waals surface area contributed by atoms with Crippen LogP contribution >= 0.6 is 0 Å². The zero-order chi connectivity index (χ0) is 20.3. The summed E-state index contributed by atoms with van der Waals surface area (Å²) in [6, 6.07) is 22.6. The number of halogens is 3. The van der Waals surface area contributed by atoms with Gasteiger partial charge in [-0.25, -0.2) is 4.98 Å². The highest BCUT2D eigenvalue weighted by atomic mass is 19.4. The minimum absolute atomic E-state index is 0.536. The van der Waals surface area contributed by atoms with E-state index in [0.717, 1.165) is 34.3 Å². The normalized spacial score (nSPS) is 11.8. The number of nitrogens with zero attached hydrogens (tertiary/aromatic N) is 1. The highest BCUT2D eigenvalue weighted by molar-refractivity contribution is 5.71. The van der Waals surface area contributed by atoms with Crippen molar-refractivity contribution in [3.8, 4) is 22.4 Å². The first-order valence-corrected chi connectivity index (χ1v) is 9.05. The summed E-state index contributed by atoms with van der Waals surface area (Å²) in [4.78, 5) is 7.61. The van der Waals surface area contributed by atoms with E-state index in [2.05, 4.69) is 9.97 Å². The highest BCUT2D eigenvalue weighted by Gasteiger charge is 2.30. The lowest BCUT2D eigenvalue weighted by molar-refractivity contribution is -0.137. The summed E-state index contributed by atoms with van der Waals surface area (Å²) in [6.07, 6.45) is 1.21. The molecule has 3 aromatic carbocycles. The van der Waals surface area contributed by atoms with Crippen LogP contribution in [0.4, 0.5) is 13.2 Å². The molecule has 0 amide bonds. The monoisotopic (exact) mass is 390 g/mol. The van der Waals surface area contributed by atoms with Crippen molar-refractivity contribution in [3.63, 3.8) is 0 Å². The van der Waals surface area contributed by atoms with Gasteiger partial charge in [-0.2, -0.15) is 13.2 Å². The number of imidazole rings is 1. The van der Waals surface area contributed by atoms with Crippen LogP contribution in [-0.2, 0) is 6.18 Å². The second kappa shape index (κ2) is 7.80. The average Bonchev–Trinajstić information content (AvgIpc) is 3.22. The molecule has 0 aliphatic carbocycles. The summed E-state index contributed by atoms with van der Waals surface area (Å²) in [6.45, 7) is 0. The molecule has 1 heterocycles. The molecular weight excluding hydrogens is 373 g/mol. The van der Waals surface area contributed by atoms with E-state index >= 15 is 0 Å². The molecule has 1 N–H and O–H groups in total. The number of hydrogen-bond donors (Lipinski definition) is 1. The molecule has 2 nitrogen and oxygen atoms in total. The molecule has 144 valence electrons. The van der Waals surface area contributed by atoms with Crippen LogP contribution in [0.3, 0.4) is 0 Å². The molecule has 0 unspecified atom stereocenters. The molecule has 0 saturated carbocycles. The van der Waals surface area contributed by atoms with Crippen molar-refractivity contribution in [2.45, 2.75) is 6.18 Å². The van der Waals surface area contributed by atoms with Crippen molar-refractivity contribution in [2.24, 2.45) is 0 Å². The van der Waals surface area contributed by atoms with Crippen molar-refractivity contribution in [2.75, 3.05) is 0 Å². The van der Waals surface area contributed by atoms with E-state index in [1.54, 1.807) is 12.3 Å². The molecule has 0 saturated heterocycles. The smallest absolute Gasteiger partial charge is 0.338 e. The number of nitrogens with one attached hydrogen (secondary N) is 1. The number of H-pyrrole nitrogens is 1. The number of benzene rings is 3. The summed E-state index contributed by atoms with van der Waals surface area (Å²) < 4.78 is 38.7. The Hall–Kier alpha value is -3.60. The summed E-state index contributed by atoms with van der Waals surface area (Å²) in [5.41, 5.74) is 3.55. The van der Waals surface area contributed by atoms with Crippen molar-refractivity contribution >= 4 is 12.2 Å². The molecule has 5 heteroatoms. The number of alkyl halides is 3. The summed E-state index contributed by atoms with van der Waals surface area (Å²) in [7, 11) is 0. The van der Waals surface area contributed by atoms with Crippen LogP contribution in [0.15, 0.2) is 85.1 Å². The van der Waals surface area contributed by atoms with Crippen molar-refractivity contribution < 1.29 is 13.2 Å². The molecule has 0 spiro atoms. The topological polar surface area (TPSA) is 28.7 Å². The van der Waals surface area contributed by atoms with Gasteiger partial charge < -0.3 is 4.98 Å². The Labute approximate surface area is 166 Å². The second-order valence-electron chi connectivity index (χ2n) is 6.58. The summed E-state index contributed by atoms with van der Waals surface area (Å²) in [5, 5.41) is 0. The lowest BCUT2D eigenvalue weighted by Crippen LogP contribution is -2.04. The number of hydrogen-bond acceptors (Lipinski definition) is 1. The Morgan fingerprint density at radius 1 is 0.724 bits per heavy atom. The molecule has 0 atom stereocenters. The fourth-order valence-corrected chi connectivity index (χ4v) is 3.02. The molecular formula is C24H17F3N2. The van der Waals surface area contributed by atoms with Crippen LogP contribution in [0.1, 0.15) is 17.0 Å². The molecule has 0 radical (unpaired) electrons. The molecule has 4 aromatic rings. The summed E-state index contributed by atoms with van der Waals surface area (Å²) in [5.74, 6) is 0.728. The van der Waals surface area contributed by atoms with Gasteiger partial charge in [-0.3, -0.25) is 0 Å². The van der Waals surface area contributed by atoms with Gasteiger partial charge in [-0.05, 0) is 40.5 Å². The minimum Gasteiger partial charge on any atom is -0.338 e. The predicted molar refractivity (Wildman–Crippen MR) is 110 cm³/mol. The van der Waals surface area contributed by atoms with Gasteiger partial charge in [0.15, 0.2) is 0 Å². The van der Waals surface area contributed by atoms with Crippen LogP contribution < -0.4 is 0 Å². The Kier molecular flexibility index (Phi) is 5.04. The van der Waals surface area contributed by atoms with Gasteiger partial charge in [0.25, 0.3) is 0 Å². The molecule has 0 aliphatic heterocycles. The molecule has 0 bridgehead atoms. The Morgan fingerprint density at radius 2 is 1.45 bits per heavy atom. The van der Waals surface area contributed by atoms with Gasteiger partial charge in [-0.1, -0.05) is 72.8 Å². The van der Waals surface area contributed by atoms with E-state index in [9.17, 15) is 13.2 Å². The van der Waals surface area contributed by atoms with Gasteiger partial charge >= 0.3 is 6.18 Å². The summed E-state index contributed by atoms with van der Waals surface area (Å²) >= 11 is 0. The number of rotatable bonds is 4. The Morgan fingerprint density at radius 3 is 2.17 bits per heavy atom. The van der Waals surface area contributed by atoms with Gasteiger partial charge in [0.05, 0.1) is 17.5 Å². The third-order valence-corrected chi connectivity index (χ3v) is 4.55. The van der Waals surface area contributed by atoms with E-state index in [-0.39, 0.29) is 0 Å². The maximum Gasteiger partial charge on any atom is 0.416 e. The number of aromatic nitrogens is 2. The van der Waals surface area contributed by atoms with E-state index < -0.39 is 11.7 Å². The standard InChI is InChI=1S/C24H17F3N2/c25-24(26,27)21-8-4-7-20(15-21)18-12-9-17(10-13-18)11-14-23-28-16-22(29-23)19-5-2-1-3-6-19/h1-16H,(H,28,29). The quantitative estimate of drug-likeness (QED) is 0.402. The van der Waals surface area contributed by atoms with E-state index in [0.29, 0.717) is 5.56 Å². The average molecular weight is 390 g/mol. The Balaban J connectivity index is 1.50. The van der Waals surface area contributed by atoms with Crippen molar-refractivity contribution in [3.05, 3.63) is 102 Å². The van der Waals surface area contributed by atoms with Gasteiger partial charge in [0.2, 0.25) is 0 Å². The van der Waals surface area contributed by atoms with Crippen LogP contribution in [0.2, 0.25) is 0 Å². The molecule has 0 aliphatic rings. The third-order valence-electron chi connectivity index (χ3n) is 4.55. The SMILES string of the molecule is FC(F)(F)c1cccc(-c2ccc(C=Cc3ncc(-c4ccccc4)[nH]3)cc2)c1. The fourth-order valence-electron chi connectivity index (χ4n) is 3.02. The molecule has 4 rings (SSSR count). The van der Waals surface area contributed by atoms with Crippen LogP contribution in [0.5, 0.6) is 0 Å². The zero-order valence-electron chi connectivity index (χ0n) is 15.3.